The van der Waals surface area contributed by atoms with E-state index in [1.54, 1.807) is 6.26 Å². The normalized spacial score (nSPS) is 14.4. The lowest BCUT2D eigenvalue weighted by atomic mass is 10.1. The molecule has 1 aromatic rings. The SMILES string of the molecule is CCCNC(C)/C(C)=C/c1ccco1. The van der Waals surface area contributed by atoms with Gasteiger partial charge in [-0.15, -0.1) is 0 Å². The van der Waals surface area contributed by atoms with Crippen LogP contribution in [0, 0.1) is 0 Å². The van der Waals surface area contributed by atoms with Crippen molar-refractivity contribution in [1.82, 2.24) is 5.32 Å². The van der Waals surface area contributed by atoms with Gasteiger partial charge in [0.2, 0.25) is 0 Å². The van der Waals surface area contributed by atoms with E-state index in [-0.39, 0.29) is 0 Å². The van der Waals surface area contributed by atoms with Crippen LogP contribution in [0.5, 0.6) is 0 Å². The van der Waals surface area contributed by atoms with Crippen molar-refractivity contribution in [2.75, 3.05) is 6.54 Å². The zero-order valence-electron chi connectivity index (χ0n) is 9.21. The second-order valence-corrected chi connectivity index (χ2v) is 3.58. The van der Waals surface area contributed by atoms with Gasteiger partial charge in [-0.05, 0) is 45.0 Å². The minimum Gasteiger partial charge on any atom is -0.465 e. The summed E-state index contributed by atoms with van der Waals surface area (Å²) in [6, 6.07) is 4.29. The third-order valence-corrected chi connectivity index (χ3v) is 2.30. The molecule has 1 heterocycles. The predicted octanol–water partition coefficient (Wildman–Crippen LogP) is 3.07. The highest BCUT2D eigenvalue weighted by molar-refractivity contribution is 5.47. The third kappa shape index (κ3) is 3.38. The Kier molecular flexibility index (Phi) is 4.47. The first kappa shape index (κ1) is 11.1. The van der Waals surface area contributed by atoms with E-state index < -0.39 is 0 Å². The lowest BCUT2D eigenvalue weighted by Crippen LogP contribution is -2.27. The summed E-state index contributed by atoms with van der Waals surface area (Å²) in [6.45, 7) is 7.52. The zero-order valence-corrected chi connectivity index (χ0v) is 9.21. The Bertz CT molecular complexity index is 275. The second-order valence-electron chi connectivity index (χ2n) is 3.58. The van der Waals surface area contributed by atoms with Crippen molar-refractivity contribution in [2.45, 2.75) is 33.2 Å². The Balaban J connectivity index is 2.51. The molecule has 0 aromatic carbocycles. The molecule has 0 saturated carbocycles. The number of hydrogen-bond acceptors (Lipinski definition) is 2. The summed E-state index contributed by atoms with van der Waals surface area (Å²) in [4.78, 5) is 0. The van der Waals surface area contributed by atoms with Crippen molar-refractivity contribution < 1.29 is 4.42 Å². The molecule has 2 nitrogen and oxygen atoms in total. The van der Waals surface area contributed by atoms with Crippen LogP contribution in [0.25, 0.3) is 6.08 Å². The summed E-state index contributed by atoms with van der Waals surface area (Å²) < 4.78 is 5.25. The molecule has 1 atom stereocenters. The number of rotatable bonds is 5. The van der Waals surface area contributed by atoms with E-state index in [4.69, 9.17) is 4.42 Å². The van der Waals surface area contributed by atoms with Gasteiger partial charge in [0.1, 0.15) is 5.76 Å². The van der Waals surface area contributed by atoms with Crippen LogP contribution in [0.1, 0.15) is 33.0 Å². The van der Waals surface area contributed by atoms with Gasteiger partial charge < -0.3 is 9.73 Å². The van der Waals surface area contributed by atoms with Crippen molar-refractivity contribution in [1.29, 1.82) is 0 Å². The molecule has 0 aliphatic rings. The first-order valence-electron chi connectivity index (χ1n) is 5.19. The molecule has 0 fully saturated rings. The van der Waals surface area contributed by atoms with Gasteiger partial charge in [0, 0.05) is 6.04 Å². The van der Waals surface area contributed by atoms with Gasteiger partial charge >= 0.3 is 0 Å². The van der Waals surface area contributed by atoms with Gasteiger partial charge in [-0.2, -0.15) is 0 Å². The summed E-state index contributed by atoms with van der Waals surface area (Å²) in [5.41, 5.74) is 1.30. The van der Waals surface area contributed by atoms with Crippen LogP contribution in [-0.2, 0) is 0 Å². The van der Waals surface area contributed by atoms with Gasteiger partial charge in [0.15, 0.2) is 0 Å². The van der Waals surface area contributed by atoms with Crippen molar-refractivity contribution in [3.05, 3.63) is 29.7 Å². The van der Waals surface area contributed by atoms with Crippen molar-refractivity contribution in [3.8, 4) is 0 Å². The molecule has 1 unspecified atom stereocenters. The maximum Gasteiger partial charge on any atom is 0.126 e. The molecule has 78 valence electrons. The highest BCUT2D eigenvalue weighted by atomic mass is 16.3. The summed E-state index contributed by atoms with van der Waals surface area (Å²) in [7, 11) is 0. The first-order chi connectivity index (χ1) is 6.74. The maximum absolute atomic E-state index is 5.25. The fourth-order valence-corrected chi connectivity index (χ4v) is 1.24. The molecular weight excluding hydrogens is 174 g/mol. The Labute approximate surface area is 86.0 Å². The van der Waals surface area contributed by atoms with Crippen molar-refractivity contribution >= 4 is 6.08 Å². The Morgan fingerprint density at radius 2 is 2.43 bits per heavy atom. The lowest BCUT2D eigenvalue weighted by molar-refractivity contribution is 0.554. The molecule has 1 N–H and O–H groups in total. The molecule has 1 rings (SSSR count). The molecule has 0 radical (unpaired) electrons. The first-order valence-corrected chi connectivity index (χ1v) is 5.19. The monoisotopic (exact) mass is 193 g/mol. The summed E-state index contributed by atoms with van der Waals surface area (Å²) in [5, 5.41) is 3.43. The zero-order chi connectivity index (χ0) is 10.4. The van der Waals surface area contributed by atoms with E-state index in [9.17, 15) is 0 Å². The quantitative estimate of drug-likeness (QED) is 0.777. The summed E-state index contributed by atoms with van der Waals surface area (Å²) in [6.07, 6.45) is 4.94. The molecular formula is C12H19NO. The molecule has 0 bridgehead atoms. The van der Waals surface area contributed by atoms with Crippen molar-refractivity contribution in [2.24, 2.45) is 0 Å². The number of nitrogens with one attached hydrogen (secondary N) is 1. The van der Waals surface area contributed by atoms with E-state index in [1.807, 2.05) is 12.1 Å². The van der Waals surface area contributed by atoms with Crippen LogP contribution in [-0.4, -0.2) is 12.6 Å². The van der Waals surface area contributed by atoms with Crippen LogP contribution in [0.3, 0.4) is 0 Å². The van der Waals surface area contributed by atoms with Gasteiger partial charge in [0.25, 0.3) is 0 Å². The van der Waals surface area contributed by atoms with Crippen LogP contribution in [0.15, 0.2) is 28.4 Å². The molecule has 2 heteroatoms. The average Bonchev–Trinajstić information content (AvgIpc) is 2.66. The van der Waals surface area contributed by atoms with Gasteiger partial charge in [-0.25, -0.2) is 0 Å². The van der Waals surface area contributed by atoms with E-state index in [0.29, 0.717) is 6.04 Å². The lowest BCUT2D eigenvalue weighted by Gasteiger charge is -2.13. The topological polar surface area (TPSA) is 25.2 Å². The van der Waals surface area contributed by atoms with E-state index in [0.717, 1.165) is 12.3 Å². The molecule has 0 spiro atoms. The maximum atomic E-state index is 5.25. The third-order valence-electron chi connectivity index (χ3n) is 2.30. The average molecular weight is 193 g/mol. The van der Waals surface area contributed by atoms with E-state index >= 15 is 0 Å². The Morgan fingerprint density at radius 3 is 3.00 bits per heavy atom. The van der Waals surface area contributed by atoms with E-state index in [2.05, 4.69) is 32.2 Å². The van der Waals surface area contributed by atoms with Gasteiger partial charge in [-0.1, -0.05) is 12.5 Å². The molecule has 0 aliphatic carbocycles. The molecule has 1 aromatic heterocycles. The smallest absolute Gasteiger partial charge is 0.126 e. The molecule has 14 heavy (non-hydrogen) atoms. The highest BCUT2D eigenvalue weighted by Gasteiger charge is 2.02. The van der Waals surface area contributed by atoms with Gasteiger partial charge in [-0.3, -0.25) is 0 Å². The minimum atomic E-state index is 0.417. The minimum absolute atomic E-state index is 0.417. The van der Waals surface area contributed by atoms with Crippen LogP contribution < -0.4 is 5.32 Å². The standard InChI is InChI=1S/C12H19NO/c1-4-7-13-11(3)10(2)9-12-6-5-8-14-12/h5-6,8-9,11,13H,4,7H2,1-3H3/b10-9+. The molecule has 0 saturated heterocycles. The van der Waals surface area contributed by atoms with Crippen LogP contribution >= 0.6 is 0 Å². The largest absolute Gasteiger partial charge is 0.465 e. The summed E-state index contributed by atoms with van der Waals surface area (Å²) in [5.74, 6) is 0.924. The fourth-order valence-electron chi connectivity index (χ4n) is 1.24. The Hall–Kier alpha value is -1.02. The molecule has 0 aliphatic heterocycles. The summed E-state index contributed by atoms with van der Waals surface area (Å²) >= 11 is 0. The molecule has 0 amide bonds. The number of hydrogen-bond donors (Lipinski definition) is 1. The second kappa shape index (κ2) is 5.66. The highest BCUT2D eigenvalue weighted by Crippen LogP contribution is 2.09. The fraction of sp³-hybridized carbons (Fsp3) is 0.500. The van der Waals surface area contributed by atoms with Crippen LogP contribution in [0.4, 0.5) is 0 Å². The Morgan fingerprint density at radius 1 is 1.64 bits per heavy atom. The van der Waals surface area contributed by atoms with Gasteiger partial charge in [0.05, 0.1) is 6.26 Å². The predicted molar refractivity (Wildman–Crippen MR) is 60.1 cm³/mol. The number of furan rings is 1. The van der Waals surface area contributed by atoms with Crippen molar-refractivity contribution in [3.63, 3.8) is 0 Å². The van der Waals surface area contributed by atoms with E-state index in [1.165, 1.54) is 12.0 Å². The van der Waals surface area contributed by atoms with Crippen LogP contribution in [0.2, 0.25) is 0 Å².